The Kier molecular flexibility index (Phi) is 7.75. The summed E-state index contributed by atoms with van der Waals surface area (Å²) in [6.07, 6.45) is -1.54. The third-order valence-corrected chi connectivity index (χ3v) is 7.30. The van der Waals surface area contributed by atoms with Crippen molar-refractivity contribution in [1.82, 2.24) is 19.9 Å². The smallest absolute Gasteiger partial charge is 0.336 e. The van der Waals surface area contributed by atoms with Crippen LogP contribution < -0.4 is 4.74 Å². The Morgan fingerprint density at radius 2 is 2.03 bits per heavy atom. The van der Waals surface area contributed by atoms with E-state index in [1.165, 1.54) is 13.1 Å². The van der Waals surface area contributed by atoms with Crippen LogP contribution >= 0.6 is 11.6 Å². The van der Waals surface area contributed by atoms with Gasteiger partial charge in [-0.15, -0.1) is 0 Å². The van der Waals surface area contributed by atoms with E-state index >= 15 is 0 Å². The predicted molar refractivity (Wildman–Crippen MR) is 145 cm³/mol. The van der Waals surface area contributed by atoms with Gasteiger partial charge in [0.25, 0.3) is 0 Å². The summed E-state index contributed by atoms with van der Waals surface area (Å²) in [5.41, 5.74) is 2.05. The third kappa shape index (κ3) is 5.85. The first kappa shape index (κ1) is 27.3. The molecule has 0 amide bonds. The van der Waals surface area contributed by atoms with Gasteiger partial charge in [0.05, 0.1) is 40.1 Å². The SMILES string of the molecule is Cc1cc2cc(OCC[C@@H](O)N3CCC(O)(c4cnc5ccccc5n4)CC3OC(=O)C(C)O)cc(Cl)c2[nH]1. The number of halogens is 1. The second kappa shape index (κ2) is 11.1. The van der Waals surface area contributed by atoms with Crippen LogP contribution in [0.2, 0.25) is 5.02 Å². The number of nitrogens with zero attached hydrogens (tertiary/aromatic N) is 3. The third-order valence-electron chi connectivity index (χ3n) is 7.00. The van der Waals surface area contributed by atoms with E-state index in [2.05, 4.69) is 15.0 Å². The van der Waals surface area contributed by atoms with Crippen molar-refractivity contribution in [1.29, 1.82) is 0 Å². The first-order valence-corrected chi connectivity index (χ1v) is 13.2. The molecule has 4 aromatic rings. The lowest BCUT2D eigenvalue weighted by molar-refractivity contribution is -0.206. The molecule has 0 saturated carbocycles. The van der Waals surface area contributed by atoms with Crippen molar-refractivity contribution in [3.05, 3.63) is 65.1 Å². The Bertz CT molecular complexity index is 1490. The van der Waals surface area contributed by atoms with Crippen molar-refractivity contribution in [3.63, 3.8) is 0 Å². The summed E-state index contributed by atoms with van der Waals surface area (Å²) >= 11 is 6.37. The monoisotopic (exact) mass is 554 g/mol. The molecule has 3 heterocycles. The van der Waals surface area contributed by atoms with Gasteiger partial charge in [0.1, 0.15) is 23.7 Å². The van der Waals surface area contributed by atoms with Crippen molar-refractivity contribution in [3.8, 4) is 5.75 Å². The second-order valence-corrected chi connectivity index (χ2v) is 10.4. The van der Waals surface area contributed by atoms with Gasteiger partial charge < -0.3 is 29.8 Å². The number of fused-ring (bicyclic) bond motifs is 2. The molecule has 0 spiro atoms. The first-order valence-electron chi connectivity index (χ1n) is 12.8. The minimum atomic E-state index is -1.45. The van der Waals surface area contributed by atoms with Crippen LogP contribution in [0, 0.1) is 6.92 Å². The largest absolute Gasteiger partial charge is 0.493 e. The van der Waals surface area contributed by atoms with Crippen molar-refractivity contribution in [2.45, 2.75) is 57.3 Å². The van der Waals surface area contributed by atoms with E-state index in [4.69, 9.17) is 21.1 Å². The van der Waals surface area contributed by atoms with E-state index in [1.807, 2.05) is 37.3 Å². The molecule has 0 bridgehead atoms. The molecule has 206 valence electrons. The number of carbonyl (C=O) groups is 1. The number of aromatic amines is 1. The Morgan fingerprint density at radius 1 is 1.26 bits per heavy atom. The molecule has 5 rings (SSSR count). The van der Waals surface area contributed by atoms with E-state index in [9.17, 15) is 20.1 Å². The molecule has 4 N–H and O–H groups in total. The maximum atomic E-state index is 12.3. The maximum absolute atomic E-state index is 12.3. The Morgan fingerprint density at radius 3 is 2.79 bits per heavy atom. The topological polar surface area (TPSA) is 141 Å². The number of benzene rings is 2. The van der Waals surface area contributed by atoms with Crippen molar-refractivity contribution in [2.75, 3.05) is 13.2 Å². The number of esters is 1. The number of aryl methyl sites for hydroxylation is 1. The number of para-hydroxylation sites is 2. The second-order valence-electron chi connectivity index (χ2n) is 9.97. The number of H-pyrrole nitrogens is 1. The van der Waals surface area contributed by atoms with Crippen LogP contribution in [0.15, 0.2) is 48.7 Å². The van der Waals surface area contributed by atoms with Crippen LogP contribution in [-0.4, -0.2) is 72.9 Å². The minimum absolute atomic E-state index is 0.0600. The number of hydrogen-bond donors (Lipinski definition) is 4. The van der Waals surface area contributed by atoms with Crippen LogP contribution in [-0.2, 0) is 15.1 Å². The number of rotatable bonds is 8. The summed E-state index contributed by atoms with van der Waals surface area (Å²) in [6, 6.07) is 12.9. The van der Waals surface area contributed by atoms with Crippen LogP contribution in [0.1, 0.15) is 37.6 Å². The number of hydrogen-bond acceptors (Lipinski definition) is 9. The van der Waals surface area contributed by atoms with E-state index in [0.717, 1.165) is 16.6 Å². The molecule has 0 radical (unpaired) electrons. The molecule has 1 saturated heterocycles. The summed E-state index contributed by atoms with van der Waals surface area (Å²) < 4.78 is 11.4. The number of aliphatic hydroxyl groups is 3. The molecule has 39 heavy (non-hydrogen) atoms. The van der Waals surface area contributed by atoms with Gasteiger partial charge in [-0.3, -0.25) is 4.98 Å². The van der Waals surface area contributed by atoms with Crippen LogP contribution in [0.5, 0.6) is 5.75 Å². The highest BCUT2D eigenvalue weighted by atomic mass is 35.5. The molecule has 3 unspecified atom stereocenters. The van der Waals surface area contributed by atoms with E-state index in [1.54, 1.807) is 17.0 Å². The zero-order valence-corrected chi connectivity index (χ0v) is 22.4. The highest BCUT2D eigenvalue weighted by Gasteiger charge is 2.45. The number of aromatic nitrogens is 3. The molecule has 1 aliphatic rings. The number of carbonyl (C=O) groups excluding carboxylic acids is 1. The molecule has 0 aliphatic carbocycles. The van der Waals surface area contributed by atoms with Gasteiger partial charge in [0, 0.05) is 36.5 Å². The van der Waals surface area contributed by atoms with Gasteiger partial charge in [-0.25, -0.2) is 14.7 Å². The molecular formula is C28H31ClN4O6. The van der Waals surface area contributed by atoms with Crippen LogP contribution in [0.25, 0.3) is 21.9 Å². The minimum Gasteiger partial charge on any atom is -0.493 e. The highest BCUT2D eigenvalue weighted by molar-refractivity contribution is 6.35. The molecule has 2 aromatic carbocycles. The Hall–Kier alpha value is -3.28. The van der Waals surface area contributed by atoms with E-state index in [0.29, 0.717) is 27.5 Å². The van der Waals surface area contributed by atoms with Gasteiger partial charge in [-0.05, 0) is 44.5 Å². The van der Waals surface area contributed by atoms with Crippen LogP contribution in [0.3, 0.4) is 0 Å². The molecule has 4 atom stereocenters. The van der Waals surface area contributed by atoms with Gasteiger partial charge in [0.2, 0.25) is 0 Å². The van der Waals surface area contributed by atoms with Crippen LogP contribution in [0.4, 0.5) is 0 Å². The zero-order valence-electron chi connectivity index (χ0n) is 21.7. The van der Waals surface area contributed by atoms with Gasteiger partial charge in [0.15, 0.2) is 6.23 Å². The molecule has 11 heteroatoms. The van der Waals surface area contributed by atoms with E-state index in [-0.39, 0.29) is 32.4 Å². The quantitative estimate of drug-likeness (QED) is 0.241. The average molecular weight is 555 g/mol. The number of piperidine rings is 1. The van der Waals surface area contributed by atoms with Gasteiger partial charge >= 0.3 is 5.97 Å². The summed E-state index contributed by atoms with van der Waals surface area (Å²) in [5.74, 6) is -0.286. The lowest BCUT2D eigenvalue weighted by atomic mass is 9.86. The number of aliphatic hydroxyl groups excluding tert-OH is 2. The highest BCUT2D eigenvalue weighted by Crippen LogP contribution is 2.37. The summed E-state index contributed by atoms with van der Waals surface area (Å²) in [6.45, 7) is 3.61. The molecule has 2 aromatic heterocycles. The fourth-order valence-electron chi connectivity index (χ4n) is 4.91. The number of likely N-dealkylation sites (tertiary alicyclic amines) is 1. The van der Waals surface area contributed by atoms with Gasteiger partial charge in [-0.1, -0.05) is 23.7 Å². The summed E-state index contributed by atoms with van der Waals surface area (Å²) in [5, 5.41) is 33.8. The molecule has 10 nitrogen and oxygen atoms in total. The predicted octanol–water partition coefficient (Wildman–Crippen LogP) is 3.39. The first-order chi connectivity index (χ1) is 18.6. The van der Waals surface area contributed by atoms with Crippen molar-refractivity contribution >= 4 is 39.5 Å². The fourth-order valence-corrected chi connectivity index (χ4v) is 5.17. The zero-order chi connectivity index (χ0) is 27.7. The lowest BCUT2D eigenvalue weighted by Crippen LogP contribution is -2.55. The maximum Gasteiger partial charge on any atom is 0.336 e. The van der Waals surface area contributed by atoms with Crippen molar-refractivity contribution < 1.29 is 29.6 Å². The normalized spacial score (nSPS) is 21.6. The molecule has 1 fully saturated rings. The average Bonchev–Trinajstić information content (AvgIpc) is 3.29. The van der Waals surface area contributed by atoms with Crippen molar-refractivity contribution in [2.24, 2.45) is 0 Å². The van der Waals surface area contributed by atoms with Gasteiger partial charge in [-0.2, -0.15) is 0 Å². The Labute approximate surface area is 230 Å². The molecule has 1 aliphatic heterocycles. The standard InChI is InChI=1S/C28H31ClN4O6/c1-16-11-18-12-19(13-20(29)26(18)31-16)38-10-7-24(35)33-9-8-28(37,14-25(33)39-27(36)17(2)34)23-15-30-21-5-3-4-6-22(21)32-23/h3-6,11-13,15,17,24-25,31,34-35,37H,7-10,14H2,1-2H3/t17?,24-,25?,28?/m1/s1. The fraction of sp³-hybridized carbons (Fsp3) is 0.393. The van der Waals surface area contributed by atoms with E-state index < -0.39 is 30.1 Å². The number of ether oxygens (including phenoxy) is 2. The Balaban J connectivity index is 1.29. The molecular weight excluding hydrogens is 524 g/mol. The summed E-state index contributed by atoms with van der Waals surface area (Å²) in [4.78, 5) is 26.1. The summed E-state index contributed by atoms with van der Waals surface area (Å²) in [7, 11) is 0. The number of nitrogens with one attached hydrogen (secondary N) is 1. The lowest BCUT2D eigenvalue weighted by Gasteiger charge is -2.44.